The zero-order valence-electron chi connectivity index (χ0n) is 10.1. The number of hydrogen-bond donors (Lipinski definition) is 3. The Morgan fingerprint density at radius 3 is 2.82 bits per heavy atom. The average Bonchev–Trinajstić information content (AvgIpc) is 2.90. The maximum atomic E-state index is 11.7. The molecule has 1 amide bonds. The van der Waals surface area contributed by atoms with Crippen molar-refractivity contribution in [1.82, 2.24) is 5.32 Å². The van der Waals surface area contributed by atoms with Crippen LogP contribution in [0.3, 0.4) is 0 Å². The number of nitrogens with two attached hydrogens (primary N) is 1. The predicted octanol–water partition coefficient (Wildman–Crippen LogP) is 1.07. The standard InChI is InChI=1S/C12H21N3O2/c13-11(15-17)3-4-14-12(16)7-10-6-8-1-2-9(10)5-8/h8-10,17H,1-7H2,(H2,13,15)(H,14,16). The van der Waals surface area contributed by atoms with Gasteiger partial charge in [-0.1, -0.05) is 11.6 Å². The molecule has 2 aliphatic carbocycles. The van der Waals surface area contributed by atoms with Gasteiger partial charge in [0.15, 0.2) is 0 Å². The Morgan fingerprint density at radius 2 is 2.24 bits per heavy atom. The summed E-state index contributed by atoms with van der Waals surface area (Å²) >= 11 is 0. The number of nitrogens with one attached hydrogen (secondary N) is 1. The molecule has 0 heterocycles. The van der Waals surface area contributed by atoms with Gasteiger partial charge in [0, 0.05) is 19.4 Å². The Morgan fingerprint density at radius 1 is 1.41 bits per heavy atom. The molecular formula is C12H21N3O2. The van der Waals surface area contributed by atoms with E-state index in [-0.39, 0.29) is 11.7 Å². The number of carbonyl (C=O) groups excluding carboxylic acids is 1. The molecule has 17 heavy (non-hydrogen) atoms. The summed E-state index contributed by atoms with van der Waals surface area (Å²) in [5, 5.41) is 14.0. The molecule has 2 fully saturated rings. The number of nitrogens with zero attached hydrogens (tertiary/aromatic N) is 1. The van der Waals surface area contributed by atoms with E-state index in [0.29, 0.717) is 25.3 Å². The number of amides is 1. The molecule has 0 saturated heterocycles. The van der Waals surface area contributed by atoms with Gasteiger partial charge in [0.1, 0.15) is 5.84 Å². The van der Waals surface area contributed by atoms with Crippen molar-refractivity contribution in [3.8, 4) is 0 Å². The van der Waals surface area contributed by atoms with Crippen LogP contribution in [-0.2, 0) is 4.79 Å². The first kappa shape index (κ1) is 12.2. The summed E-state index contributed by atoms with van der Waals surface area (Å²) in [7, 11) is 0. The molecule has 3 atom stereocenters. The van der Waals surface area contributed by atoms with Crippen LogP contribution in [0.15, 0.2) is 5.16 Å². The summed E-state index contributed by atoms with van der Waals surface area (Å²) in [6.07, 6.45) is 6.30. The number of oxime groups is 1. The van der Waals surface area contributed by atoms with Gasteiger partial charge >= 0.3 is 0 Å². The Hall–Kier alpha value is -1.26. The topological polar surface area (TPSA) is 87.7 Å². The zero-order valence-corrected chi connectivity index (χ0v) is 10.1. The number of carbonyl (C=O) groups is 1. The summed E-state index contributed by atoms with van der Waals surface area (Å²) in [6, 6.07) is 0. The van der Waals surface area contributed by atoms with Crippen LogP contribution in [0.2, 0.25) is 0 Å². The van der Waals surface area contributed by atoms with E-state index in [1.165, 1.54) is 25.7 Å². The summed E-state index contributed by atoms with van der Waals surface area (Å²) in [5.74, 6) is 2.53. The minimum Gasteiger partial charge on any atom is -0.409 e. The van der Waals surface area contributed by atoms with Crippen LogP contribution >= 0.6 is 0 Å². The average molecular weight is 239 g/mol. The van der Waals surface area contributed by atoms with Gasteiger partial charge in [-0.25, -0.2) is 0 Å². The highest BCUT2D eigenvalue weighted by Gasteiger charge is 2.39. The highest BCUT2D eigenvalue weighted by Crippen LogP contribution is 2.49. The molecule has 0 spiro atoms. The SMILES string of the molecule is NC(CCNC(=O)CC1CC2CCC1C2)=NO. The molecular weight excluding hydrogens is 218 g/mol. The van der Waals surface area contributed by atoms with Crippen LogP contribution in [0, 0.1) is 17.8 Å². The van der Waals surface area contributed by atoms with Crippen molar-refractivity contribution in [3.05, 3.63) is 0 Å². The molecule has 0 aromatic carbocycles. The third kappa shape index (κ3) is 3.11. The van der Waals surface area contributed by atoms with Crippen LogP contribution < -0.4 is 11.1 Å². The van der Waals surface area contributed by atoms with Crippen LogP contribution in [0.5, 0.6) is 0 Å². The molecule has 0 radical (unpaired) electrons. The highest BCUT2D eigenvalue weighted by atomic mass is 16.4. The van der Waals surface area contributed by atoms with Crippen molar-refractivity contribution in [1.29, 1.82) is 0 Å². The first-order chi connectivity index (χ1) is 8.19. The van der Waals surface area contributed by atoms with Crippen molar-refractivity contribution < 1.29 is 10.0 Å². The van der Waals surface area contributed by atoms with Gasteiger partial charge in [-0.3, -0.25) is 4.79 Å². The van der Waals surface area contributed by atoms with Crippen LogP contribution in [0.25, 0.3) is 0 Å². The molecule has 4 N–H and O–H groups in total. The normalized spacial score (nSPS) is 31.8. The zero-order chi connectivity index (χ0) is 12.3. The lowest BCUT2D eigenvalue weighted by Gasteiger charge is -2.20. The van der Waals surface area contributed by atoms with Crippen molar-refractivity contribution in [2.24, 2.45) is 28.6 Å². The second-order valence-corrected chi connectivity index (χ2v) is 5.33. The van der Waals surface area contributed by atoms with Crippen LogP contribution in [0.1, 0.15) is 38.5 Å². The number of amidine groups is 1. The van der Waals surface area contributed by atoms with E-state index in [4.69, 9.17) is 10.9 Å². The predicted molar refractivity (Wildman–Crippen MR) is 64.6 cm³/mol. The monoisotopic (exact) mass is 239 g/mol. The lowest BCUT2D eigenvalue weighted by molar-refractivity contribution is -0.122. The summed E-state index contributed by atoms with van der Waals surface area (Å²) in [4.78, 5) is 11.7. The van der Waals surface area contributed by atoms with Gasteiger partial charge in [0.05, 0.1) is 0 Å². The van der Waals surface area contributed by atoms with E-state index in [9.17, 15) is 4.79 Å². The van der Waals surface area contributed by atoms with E-state index >= 15 is 0 Å². The Bertz CT molecular complexity index is 317. The van der Waals surface area contributed by atoms with Gasteiger partial charge in [-0.05, 0) is 37.0 Å². The molecule has 5 heteroatoms. The van der Waals surface area contributed by atoms with Crippen molar-refractivity contribution in [2.75, 3.05) is 6.54 Å². The Labute approximate surface area is 101 Å². The van der Waals surface area contributed by atoms with E-state index < -0.39 is 0 Å². The molecule has 3 unspecified atom stereocenters. The molecule has 5 nitrogen and oxygen atoms in total. The fourth-order valence-corrected chi connectivity index (χ4v) is 3.32. The molecule has 2 saturated carbocycles. The van der Waals surface area contributed by atoms with Gasteiger partial charge in [-0.2, -0.15) is 0 Å². The van der Waals surface area contributed by atoms with Crippen molar-refractivity contribution >= 4 is 11.7 Å². The minimum absolute atomic E-state index is 0.105. The molecule has 0 aromatic rings. The maximum absolute atomic E-state index is 11.7. The quantitative estimate of drug-likeness (QED) is 0.290. The first-order valence-corrected chi connectivity index (χ1v) is 6.42. The van der Waals surface area contributed by atoms with Gasteiger partial charge in [0.2, 0.25) is 5.91 Å². The summed E-state index contributed by atoms with van der Waals surface area (Å²) in [5.41, 5.74) is 5.32. The Kier molecular flexibility index (Phi) is 3.86. The second-order valence-electron chi connectivity index (χ2n) is 5.33. The molecule has 2 bridgehead atoms. The van der Waals surface area contributed by atoms with E-state index in [1.54, 1.807) is 0 Å². The van der Waals surface area contributed by atoms with Crippen molar-refractivity contribution in [2.45, 2.75) is 38.5 Å². The fourth-order valence-electron chi connectivity index (χ4n) is 3.32. The maximum Gasteiger partial charge on any atom is 0.220 e. The van der Waals surface area contributed by atoms with Gasteiger partial charge in [-0.15, -0.1) is 0 Å². The highest BCUT2D eigenvalue weighted by molar-refractivity contribution is 5.81. The second kappa shape index (κ2) is 5.38. The van der Waals surface area contributed by atoms with Crippen molar-refractivity contribution in [3.63, 3.8) is 0 Å². The third-order valence-electron chi connectivity index (χ3n) is 4.16. The minimum atomic E-state index is 0.105. The largest absolute Gasteiger partial charge is 0.409 e. The fraction of sp³-hybridized carbons (Fsp3) is 0.833. The third-order valence-corrected chi connectivity index (χ3v) is 4.16. The molecule has 0 aliphatic heterocycles. The summed E-state index contributed by atoms with van der Waals surface area (Å²) in [6.45, 7) is 0.454. The lowest BCUT2D eigenvalue weighted by atomic mass is 9.86. The first-order valence-electron chi connectivity index (χ1n) is 6.42. The molecule has 2 aliphatic rings. The van der Waals surface area contributed by atoms with E-state index in [2.05, 4.69) is 10.5 Å². The van der Waals surface area contributed by atoms with Crippen LogP contribution in [0.4, 0.5) is 0 Å². The number of fused-ring (bicyclic) bond motifs is 2. The molecule has 2 rings (SSSR count). The number of rotatable bonds is 5. The summed E-state index contributed by atoms with van der Waals surface area (Å²) < 4.78 is 0. The van der Waals surface area contributed by atoms with E-state index in [0.717, 1.165) is 11.8 Å². The van der Waals surface area contributed by atoms with Crippen LogP contribution in [-0.4, -0.2) is 23.5 Å². The van der Waals surface area contributed by atoms with Gasteiger partial charge < -0.3 is 16.3 Å². The molecule has 96 valence electrons. The Balaban J connectivity index is 1.64. The molecule has 0 aromatic heterocycles. The lowest BCUT2D eigenvalue weighted by Crippen LogP contribution is -2.30. The number of hydrogen-bond acceptors (Lipinski definition) is 3. The van der Waals surface area contributed by atoms with E-state index in [1.807, 2.05) is 0 Å². The van der Waals surface area contributed by atoms with Gasteiger partial charge in [0.25, 0.3) is 0 Å². The smallest absolute Gasteiger partial charge is 0.220 e.